The van der Waals surface area contributed by atoms with Gasteiger partial charge >= 0.3 is 0 Å². The smallest absolute Gasteiger partial charge is 0.225 e. The molecule has 0 atom stereocenters. The Morgan fingerprint density at radius 2 is 1.76 bits per heavy atom. The number of aryl methyl sites for hydroxylation is 1. The first-order valence-corrected chi connectivity index (χ1v) is 10.6. The summed E-state index contributed by atoms with van der Waals surface area (Å²) in [5.41, 5.74) is 3.07. The molecule has 0 aliphatic carbocycles. The maximum Gasteiger partial charge on any atom is 0.225 e. The van der Waals surface area contributed by atoms with Gasteiger partial charge in [-0.1, -0.05) is 13.8 Å². The summed E-state index contributed by atoms with van der Waals surface area (Å²) in [6, 6.07) is 0. The number of aromatic nitrogens is 2. The van der Waals surface area contributed by atoms with Crippen LogP contribution in [0.25, 0.3) is 0 Å². The highest BCUT2D eigenvalue weighted by atomic mass is 32.2. The van der Waals surface area contributed by atoms with E-state index in [1.807, 2.05) is 20.8 Å². The lowest BCUT2D eigenvalue weighted by Gasteiger charge is -2.27. The predicted molar refractivity (Wildman–Crippen MR) is 97.4 cm³/mol. The normalized spacial score (nSPS) is 19.8. The lowest BCUT2D eigenvalue weighted by Crippen LogP contribution is -2.37. The van der Waals surface area contributed by atoms with E-state index in [-0.39, 0.29) is 11.7 Å². The number of nitrogens with zero attached hydrogens (tertiary/aromatic N) is 4. The standard InChI is InChI=1S/C17H28N4O3S/c1-13(2)12-25(22,23)21-6-4-15-14(3)18-17(19-16(15)5-7-21)20-8-10-24-11-9-20/h13H,4-12H2,1-3H3. The summed E-state index contributed by atoms with van der Waals surface area (Å²) in [6.45, 7) is 9.89. The zero-order valence-corrected chi connectivity index (χ0v) is 16.2. The Kier molecular flexibility index (Phi) is 5.60. The Morgan fingerprint density at radius 1 is 1.08 bits per heavy atom. The van der Waals surface area contributed by atoms with Crippen molar-refractivity contribution in [2.75, 3.05) is 50.0 Å². The molecule has 0 bridgehead atoms. The molecule has 0 unspecified atom stereocenters. The van der Waals surface area contributed by atoms with E-state index in [0.717, 1.165) is 36.0 Å². The summed E-state index contributed by atoms with van der Waals surface area (Å²) >= 11 is 0. The molecule has 0 aromatic carbocycles. The van der Waals surface area contributed by atoms with Crippen molar-refractivity contribution in [3.63, 3.8) is 0 Å². The third kappa shape index (κ3) is 4.30. The molecule has 3 rings (SSSR count). The first-order chi connectivity index (χ1) is 11.9. The van der Waals surface area contributed by atoms with Crippen LogP contribution in [0.3, 0.4) is 0 Å². The molecule has 1 aromatic heterocycles. The van der Waals surface area contributed by atoms with Crippen LogP contribution < -0.4 is 4.90 Å². The Balaban J connectivity index is 1.80. The summed E-state index contributed by atoms with van der Waals surface area (Å²) in [6.07, 6.45) is 1.33. The quantitative estimate of drug-likeness (QED) is 0.789. The van der Waals surface area contributed by atoms with Gasteiger partial charge < -0.3 is 9.64 Å². The Labute approximate surface area is 150 Å². The van der Waals surface area contributed by atoms with Gasteiger partial charge in [0.05, 0.1) is 24.7 Å². The van der Waals surface area contributed by atoms with Crippen LogP contribution in [-0.2, 0) is 27.6 Å². The second-order valence-corrected chi connectivity index (χ2v) is 9.22. The zero-order valence-electron chi connectivity index (χ0n) is 15.4. The van der Waals surface area contributed by atoms with Gasteiger partial charge in [0.15, 0.2) is 0 Å². The number of anilines is 1. The molecule has 7 nitrogen and oxygen atoms in total. The van der Waals surface area contributed by atoms with Crippen molar-refractivity contribution in [3.8, 4) is 0 Å². The van der Waals surface area contributed by atoms with E-state index in [0.29, 0.717) is 39.1 Å². The summed E-state index contributed by atoms with van der Waals surface area (Å²) in [5, 5.41) is 0. The van der Waals surface area contributed by atoms with Gasteiger partial charge in [-0.05, 0) is 24.8 Å². The minimum Gasteiger partial charge on any atom is -0.378 e. The SMILES string of the molecule is Cc1nc(N2CCOCC2)nc2c1CCN(S(=O)(=O)CC(C)C)CC2. The average molecular weight is 369 g/mol. The lowest BCUT2D eigenvalue weighted by molar-refractivity contribution is 0.122. The summed E-state index contributed by atoms with van der Waals surface area (Å²) in [5.74, 6) is 1.08. The van der Waals surface area contributed by atoms with Crippen molar-refractivity contribution >= 4 is 16.0 Å². The van der Waals surface area contributed by atoms with E-state index in [4.69, 9.17) is 9.72 Å². The van der Waals surface area contributed by atoms with Crippen molar-refractivity contribution in [2.24, 2.45) is 5.92 Å². The van der Waals surface area contributed by atoms with Crippen LogP contribution in [0.1, 0.15) is 30.8 Å². The van der Waals surface area contributed by atoms with Gasteiger partial charge in [0.25, 0.3) is 0 Å². The molecule has 0 N–H and O–H groups in total. The van der Waals surface area contributed by atoms with Crippen LogP contribution in [-0.4, -0.2) is 67.8 Å². The summed E-state index contributed by atoms with van der Waals surface area (Å²) in [4.78, 5) is 11.6. The Morgan fingerprint density at radius 3 is 2.44 bits per heavy atom. The van der Waals surface area contributed by atoms with E-state index in [2.05, 4.69) is 9.88 Å². The summed E-state index contributed by atoms with van der Waals surface area (Å²) < 4.78 is 32.2. The molecule has 0 saturated carbocycles. The van der Waals surface area contributed by atoms with Gasteiger partial charge in [0.2, 0.25) is 16.0 Å². The molecule has 8 heteroatoms. The fraction of sp³-hybridized carbons (Fsp3) is 0.765. The van der Waals surface area contributed by atoms with Crippen LogP contribution in [0.5, 0.6) is 0 Å². The molecule has 0 amide bonds. The second kappa shape index (κ2) is 7.55. The highest BCUT2D eigenvalue weighted by molar-refractivity contribution is 7.89. The number of fused-ring (bicyclic) bond motifs is 1. The molecule has 3 heterocycles. The highest BCUT2D eigenvalue weighted by Gasteiger charge is 2.27. The molecule has 1 aromatic rings. The van der Waals surface area contributed by atoms with Gasteiger partial charge in [-0.3, -0.25) is 0 Å². The van der Waals surface area contributed by atoms with Crippen molar-refractivity contribution in [1.29, 1.82) is 0 Å². The number of morpholine rings is 1. The molecule has 2 aliphatic heterocycles. The maximum atomic E-state index is 12.6. The van der Waals surface area contributed by atoms with E-state index < -0.39 is 10.0 Å². The third-order valence-corrected chi connectivity index (χ3v) is 6.97. The largest absolute Gasteiger partial charge is 0.378 e. The third-order valence-electron chi connectivity index (χ3n) is 4.73. The van der Waals surface area contributed by atoms with Crippen LogP contribution in [0.15, 0.2) is 0 Å². The van der Waals surface area contributed by atoms with E-state index in [1.165, 1.54) is 0 Å². The Hall–Kier alpha value is -1.25. The minimum absolute atomic E-state index is 0.130. The number of rotatable bonds is 4. The first kappa shape index (κ1) is 18.5. The van der Waals surface area contributed by atoms with Crippen molar-refractivity contribution in [2.45, 2.75) is 33.6 Å². The second-order valence-electron chi connectivity index (χ2n) is 7.21. The van der Waals surface area contributed by atoms with Crippen molar-refractivity contribution in [1.82, 2.24) is 14.3 Å². The fourth-order valence-corrected chi connectivity index (χ4v) is 5.25. The maximum absolute atomic E-state index is 12.6. The first-order valence-electron chi connectivity index (χ1n) is 9.03. The number of hydrogen-bond acceptors (Lipinski definition) is 6. The molecule has 0 spiro atoms. The topological polar surface area (TPSA) is 75.6 Å². The number of hydrogen-bond donors (Lipinski definition) is 0. The summed E-state index contributed by atoms with van der Waals surface area (Å²) in [7, 11) is -3.21. The monoisotopic (exact) mass is 368 g/mol. The van der Waals surface area contributed by atoms with Gasteiger partial charge in [0.1, 0.15) is 0 Å². The van der Waals surface area contributed by atoms with Crippen molar-refractivity contribution < 1.29 is 13.2 Å². The van der Waals surface area contributed by atoms with Gasteiger partial charge in [-0.2, -0.15) is 0 Å². The zero-order chi connectivity index (χ0) is 18.0. The predicted octanol–water partition coefficient (Wildman–Crippen LogP) is 1.01. The Bertz CT molecular complexity index is 715. The number of ether oxygens (including phenoxy) is 1. The van der Waals surface area contributed by atoms with Crippen molar-refractivity contribution in [3.05, 3.63) is 17.0 Å². The van der Waals surface area contributed by atoms with Crippen LogP contribution in [0, 0.1) is 12.8 Å². The molecule has 1 saturated heterocycles. The van der Waals surface area contributed by atoms with E-state index in [1.54, 1.807) is 4.31 Å². The minimum atomic E-state index is -3.21. The van der Waals surface area contributed by atoms with Gasteiger partial charge in [-0.15, -0.1) is 0 Å². The lowest BCUT2D eigenvalue weighted by atomic mass is 10.1. The number of sulfonamides is 1. The molecular weight excluding hydrogens is 340 g/mol. The molecule has 1 fully saturated rings. The fourth-order valence-electron chi connectivity index (χ4n) is 3.46. The van der Waals surface area contributed by atoms with Gasteiger partial charge in [0, 0.05) is 38.3 Å². The molecule has 25 heavy (non-hydrogen) atoms. The molecule has 140 valence electrons. The average Bonchev–Trinajstić information content (AvgIpc) is 2.78. The molecular formula is C17H28N4O3S. The van der Waals surface area contributed by atoms with Crippen LogP contribution >= 0.6 is 0 Å². The van der Waals surface area contributed by atoms with E-state index in [9.17, 15) is 8.42 Å². The highest BCUT2D eigenvalue weighted by Crippen LogP contribution is 2.22. The van der Waals surface area contributed by atoms with Crippen LogP contribution in [0.2, 0.25) is 0 Å². The van der Waals surface area contributed by atoms with E-state index >= 15 is 0 Å². The molecule has 2 aliphatic rings. The van der Waals surface area contributed by atoms with Crippen LogP contribution in [0.4, 0.5) is 5.95 Å². The van der Waals surface area contributed by atoms with Gasteiger partial charge in [-0.25, -0.2) is 22.7 Å². The molecule has 0 radical (unpaired) electrons.